The lowest BCUT2D eigenvalue weighted by atomic mass is 10.0. The van der Waals surface area contributed by atoms with Crippen LogP contribution in [0.5, 0.6) is 5.75 Å². The number of furan rings is 1. The minimum Gasteiger partial charge on any atom is -0.496 e. The third-order valence-corrected chi connectivity index (χ3v) is 4.11. The molecule has 2 aromatic carbocycles. The van der Waals surface area contributed by atoms with Crippen molar-refractivity contribution in [1.82, 2.24) is 5.32 Å². The highest BCUT2D eigenvalue weighted by Crippen LogP contribution is 2.26. The summed E-state index contributed by atoms with van der Waals surface area (Å²) >= 11 is 0. The fourth-order valence-corrected chi connectivity index (χ4v) is 2.79. The number of nitrogens with one attached hydrogen (secondary N) is 1. The van der Waals surface area contributed by atoms with Crippen LogP contribution in [-0.4, -0.2) is 13.0 Å². The molecule has 0 fully saturated rings. The topological polar surface area (TPSA) is 51.5 Å². The van der Waals surface area contributed by atoms with E-state index in [1.54, 1.807) is 25.5 Å². The predicted octanol–water partition coefficient (Wildman–Crippen LogP) is 4.71. The first-order valence-electron chi connectivity index (χ1n) is 8.43. The summed E-state index contributed by atoms with van der Waals surface area (Å²) in [6.45, 7) is 1.94. The monoisotopic (exact) mass is 347 g/mol. The molecule has 0 aliphatic heterocycles. The van der Waals surface area contributed by atoms with Crippen LogP contribution < -0.4 is 10.1 Å². The Morgan fingerprint density at radius 1 is 1.04 bits per heavy atom. The molecule has 132 valence electrons. The Kier molecular flexibility index (Phi) is 5.54. The molecule has 1 heterocycles. The molecule has 3 aromatic rings. The molecule has 0 spiro atoms. The van der Waals surface area contributed by atoms with E-state index in [1.807, 2.05) is 67.6 Å². The molecule has 3 rings (SSSR count). The second-order valence-electron chi connectivity index (χ2n) is 5.88. The van der Waals surface area contributed by atoms with Gasteiger partial charge in [0.2, 0.25) is 0 Å². The summed E-state index contributed by atoms with van der Waals surface area (Å²) in [4.78, 5) is 13.0. The van der Waals surface area contributed by atoms with Gasteiger partial charge < -0.3 is 14.5 Å². The zero-order valence-electron chi connectivity index (χ0n) is 14.8. The van der Waals surface area contributed by atoms with E-state index in [0.717, 1.165) is 16.9 Å². The first kappa shape index (κ1) is 17.5. The van der Waals surface area contributed by atoms with E-state index >= 15 is 0 Å². The first-order chi connectivity index (χ1) is 12.7. The van der Waals surface area contributed by atoms with Gasteiger partial charge in [0, 0.05) is 5.56 Å². The number of methoxy groups -OCH3 is 1. The van der Waals surface area contributed by atoms with Crippen LogP contribution in [0.2, 0.25) is 0 Å². The Bertz CT molecular complexity index is 883. The van der Waals surface area contributed by atoms with Gasteiger partial charge in [-0.3, -0.25) is 4.79 Å². The molecule has 0 saturated heterocycles. The molecular formula is C22H21NO3. The SMILES string of the molecule is COc1ccccc1[C@H](C)NC(=O)/C(=C/c1ccco1)c1ccccc1. The zero-order valence-corrected chi connectivity index (χ0v) is 14.8. The van der Waals surface area contributed by atoms with Gasteiger partial charge in [0.1, 0.15) is 11.5 Å². The molecule has 1 atom stereocenters. The van der Waals surface area contributed by atoms with Crippen molar-refractivity contribution in [2.24, 2.45) is 0 Å². The summed E-state index contributed by atoms with van der Waals surface area (Å²) in [6.07, 6.45) is 3.34. The Morgan fingerprint density at radius 3 is 2.46 bits per heavy atom. The molecule has 0 aliphatic carbocycles. The number of carbonyl (C=O) groups is 1. The Balaban J connectivity index is 1.89. The molecule has 1 aromatic heterocycles. The van der Waals surface area contributed by atoms with Crippen LogP contribution in [0, 0.1) is 0 Å². The smallest absolute Gasteiger partial charge is 0.252 e. The van der Waals surface area contributed by atoms with Gasteiger partial charge in [-0.1, -0.05) is 48.5 Å². The minimum atomic E-state index is -0.206. The van der Waals surface area contributed by atoms with Gasteiger partial charge in [0.25, 0.3) is 5.91 Å². The average Bonchev–Trinajstić information content (AvgIpc) is 3.20. The highest BCUT2D eigenvalue weighted by Gasteiger charge is 2.18. The first-order valence-corrected chi connectivity index (χ1v) is 8.43. The van der Waals surface area contributed by atoms with Crippen molar-refractivity contribution in [2.45, 2.75) is 13.0 Å². The van der Waals surface area contributed by atoms with Crippen molar-refractivity contribution in [3.8, 4) is 5.75 Å². The summed E-state index contributed by atoms with van der Waals surface area (Å²) in [6, 6.07) is 20.6. The third-order valence-electron chi connectivity index (χ3n) is 4.11. The maximum Gasteiger partial charge on any atom is 0.252 e. The van der Waals surface area contributed by atoms with Gasteiger partial charge >= 0.3 is 0 Å². The van der Waals surface area contributed by atoms with Gasteiger partial charge in [-0.05, 0) is 36.8 Å². The second-order valence-corrected chi connectivity index (χ2v) is 5.88. The highest BCUT2D eigenvalue weighted by atomic mass is 16.5. The van der Waals surface area contributed by atoms with Crippen LogP contribution >= 0.6 is 0 Å². The maximum absolute atomic E-state index is 13.0. The second kappa shape index (κ2) is 8.21. The number of benzene rings is 2. The summed E-state index contributed by atoms with van der Waals surface area (Å²) in [5.41, 5.74) is 2.30. The minimum absolute atomic E-state index is 0.175. The van der Waals surface area contributed by atoms with E-state index in [9.17, 15) is 4.79 Å². The fraction of sp³-hybridized carbons (Fsp3) is 0.136. The van der Waals surface area contributed by atoms with E-state index in [2.05, 4.69) is 5.32 Å². The number of para-hydroxylation sites is 1. The maximum atomic E-state index is 13.0. The molecule has 4 heteroatoms. The zero-order chi connectivity index (χ0) is 18.4. The predicted molar refractivity (Wildman–Crippen MR) is 103 cm³/mol. The number of ether oxygens (including phenoxy) is 1. The molecule has 0 saturated carbocycles. The molecule has 0 aliphatic rings. The van der Waals surface area contributed by atoms with Crippen molar-refractivity contribution < 1.29 is 13.9 Å². The molecule has 1 amide bonds. The van der Waals surface area contributed by atoms with E-state index in [1.165, 1.54) is 0 Å². The highest BCUT2D eigenvalue weighted by molar-refractivity contribution is 6.24. The van der Waals surface area contributed by atoms with Crippen LogP contribution in [0.25, 0.3) is 11.6 Å². The van der Waals surface area contributed by atoms with Crippen molar-refractivity contribution in [1.29, 1.82) is 0 Å². The number of rotatable bonds is 6. The standard InChI is InChI=1S/C22H21NO3/c1-16(19-12-6-7-13-21(19)25-2)23-22(24)20(15-18-11-8-14-26-18)17-9-4-3-5-10-17/h3-16H,1-2H3,(H,23,24)/b20-15+/t16-/m0/s1. The van der Waals surface area contributed by atoms with E-state index < -0.39 is 0 Å². The summed E-state index contributed by atoms with van der Waals surface area (Å²) in [5, 5.41) is 3.05. The molecule has 0 bridgehead atoms. The number of hydrogen-bond acceptors (Lipinski definition) is 3. The van der Waals surface area contributed by atoms with Gasteiger partial charge in [-0.25, -0.2) is 0 Å². The molecular weight excluding hydrogens is 326 g/mol. The van der Waals surface area contributed by atoms with Gasteiger partial charge in [-0.2, -0.15) is 0 Å². The van der Waals surface area contributed by atoms with Crippen LogP contribution in [0.1, 0.15) is 29.9 Å². The van der Waals surface area contributed by atoms with Crippen LogP contribution in [0.15, 0.2) is 77.4 Å². The normalized spacial score (nSPS) is 12.5. The van der Waals surface area contributed by atoms with Crippen LogP contribution in [-0.2, 0) is 4.79 Å². The quantitative estimate of drug-likeness (QED) is 0.657. The van der Waals surface area contributed by atoms with Gasteiger partial charge in [0.05, 0.1) is 25.0 Å². The van der Waals surface area contributed by atoms with Crippen molar-refractivity contribution in [2.75, 3.05) is 7.11 Å². The van der Waals surface area contributed by atoms with Gasteiger partial charge in [-0.15, -0.1) is 0 Å². The molecule has 1 N–H and O–H groups in total. The molecule has 26 heavy (non-hydrogen) atoms. The lowest BCUT2D eigenvalue weighted by Gasteiger charge is -2.18. The summed E-state index contributed by atoms with van der Waals surface area (Å²) < 4.78 is 10.8. The fourth-order valence-electron chi connectivity index (χ4n) is 2.79. The van der Waals surface area contributed by atoms with Crippen LogP contribution in [0.4, 0.5) is 0 Å². The lowest BCUT2D eigenvalue weighted by molar-refractivity contribution is -0.116. The molecule has 0 unspecified atom stereocenters. The summed E-state index contributed by atoms with van der Waals surface area (Å²) in [7, 11) is 1.62. The van der Waals surface area contributed by atoms with E-state index in [-0.39, 0.29) is 11.9 Å². The average molecular weight is 347 g/mol. The van der Waals surface area contributed by atoms with Crippen molar-refractivity contribution in [3.63, 3.8) is 0 Å². The largest absolute Gasteiger partial charge is 0.496 e. The van der Waals surface area contributed by atoms with E-state index in [0.29, 0.717) is 11.3 Å². The van der Waals surface area contributed by atoms with Crippen LogP contribution in [0.3, 0.4) is 0 Å². The number of amides is 1. The number of hydrogen-bond donors (Lipinski definition) is 1. The summed E-state index contributed by atoms with van der Waals surface area (Å²) in [5.74, 6) is 1.20. The van der Waals surface area contributed by atoms with Gasteiger partial charge in [0.15, 0.2) is 0 Å². The Hall–Kier alpha value is -3.27. The Morgan fingerprint density at radius 2 is 1.77 bits per heavy atom. The Labute approximate surface area is 153 Å². The number of carbonyl (C=O) groups excluding carboxylic acids is 1. The van der Waals surface area contributed by atoms with Crippen molar-refractivity contribution in [3.05, 3.63) is 89.9 Å². The van der Waals surface area contributed by atoms with Crippen molar-refractivity contribution >= 4 is 17.6 Å². The lowest BCUT2D eigenvalue weighted by Crippen LogP contribution is -2.27. The molecule has 0 radical (unpaired) electrons. The third kappa shape index (κ3) is 4.03. The molecule has 4 nitrogen and oxygen atoms in total. The van der Waals surface area contributed by atoms with E-state index in [4.69, 9.17) is 9.15 Å².